The first-order chi connectivity index (χ1) is 16.8. The van der Waals surface area contributed by atoms with Crippen molar-refractivity contribution in [2.24, 2.45) is 7.05 Å². The van der Waals surface area contributed by atoms with Gasteiger partial charge in [-0.2, -0.15) is 5.10 Å². The third-order valence-electron chi connectivity index (χ3n) is 6.17. The van der Waals surface area contributed by atoms with Gasteiger partial charge in [0.1, 0.15) is 23.4 Å². The lowest BCUT2D eigenvalue weighted by atomic mass is 10.1. The molecule has 0 bridgehead atoms. The van der Waals surface area contributed by atoms with E-state index in [1.165, 1.54) is 0 Å². The zero-order valence-corrected chi connectivity index (χ0v) is 20.7. The lowest BCUT2D eigenvalue weighted by Crippen LogP contribution is -2.50. The molecular weight excluding hydrogens is 444 g/mol. The summed E-state index contributed by atoms with van der Waals surface area (Å²) in [4.78, 5) is 28.8. The summed E-state index contributed by atoms with van der Waals surface area (Å²) in [6.07, 6.45) is 5.23. The van der Waals surface area contributed by atoms with E-state index in [2.05, 4.69) is 48.5 Å². The minimum Gasteiger partial charge on any atom is -0.444 e. The van der Waals surface area contributed by atoms with E-state index in [1.54, 1.807) is 15.9 Å². The Bertz CT molecular complexity index is 1340. The smallest absolute Gasteiger partial charge is 0.410 e. The van der Waals surface area contributed by atoms with Gasteiger partial charge < -0.3 is 19.9 Å². The molecule has 0 radical (unpaired) electrons. The number of nitrogens with zero attached hydrogens (tertiary/aromatic N) is 6. The molecule has 0 unspecified atom stereocenters. The summed E-state index contributed by atoms with van der Waals surface area (Å²) >= 11 is 0. The highest BCUT2D eigenvalue weighted by Gasteiger charge is 2.25. The molecule has 35 heavy (non-hydrogen) atoms. The molecule has 4 heterocycles. The Labute approximate surface area is 204 Å². The second kappa shape index (κ2) is 9.18. The van der Waals surface area contributed by atoms with Crippen molar-refractivity contribution in [2.45, 2.75) is 26.4 Å². The Kier molecular flexibility index (Phi) is 6.06. The van der Waals surface area contributed by atoms with E-state index in [0.29, 0.717) is 13.1 Å². The largest absolute Gasteiger partial charge is 0.444 e. The van der Waals surface area contributed by atoms with Crippen LogP contribution in [0.1, 0.15) is 20.8 Å². The van der Waals surface area contributed by atoms with E-state index >= 15 is 0 Å². The third-order valence-corrected chi connectivity index (χ3v) is 6.17. The first-order valence-electron chi connectivity index (χ1n) is 12.0. The predicted octanol–water partition coefficient (Wildman–Crippen LogP) is 3.48. The summed E-state index contributed by atoms with van der Waals surface area (Å²) < 4.78 is 7.30. The van der Waals surface area contributed by atoms with E-state index in [1.807, 2.05) is 40.2 Å². The second-order valence-electron chi connectivity index (χ2n) is 9.97. The molecule has 1 fully saturated rings. The third kappa shape index (κ3) is 5.07. The SMILES string of the molecule is Cn1cc(-c2ccc3[nH]c4ncnc(NCCN5CCN(C(=O)OC(C)(C)C)CC5)c4c3c2)cn1. The van der Waals surface area contributed by atoms with E-state index in [4.69, 9.17) is 4.74 Å². The maximum atomic E-state index is 12.3. The van der Waals surface area contributed by atoms with Gasteiger partial charge in [0, 0.05) is 69.0 Å². The number of fused-ring (bicyclic) bond motifs is 3. The van der Waals surface area contributed by atoms with Crippen LogP contribution in [0.25, 0.3) is 33.1 Å². The van der Waals surface area contributed by atoms with E-state index in [9.17, 15) is 4.79 Å². The molecule has 1 aliphatic heterocycles. The van der Waals surface area contributed by atoms with Gasteiger partial charge in [0.2, 0.25) is 0 Å². The molecule has 10 heteroatoms. The number of H-pyrrole nitrogens is 1. The molecule has 0 saturated carbocycles. The molecule has 3 aromatic heterocycles. The minimum absolute atomic E-state index is 0.233. The summed E-state index contributed by atoms with van der Waals surface area (Å²) in [5, 5.41) is 9.87. The molecule has 5 rings (SSSR count). The summed E-state index contributed by atoms with van der Waals surface area (Å²) in [5.74, 6) is 0.817. The molecule has 1 amide bonds. The van der Waals surface area contributed by atoms with Gasteiger partial charge in [-0.25, -0.2) is 14.8 Å². The van der Waals surface area contributed by atoms with Crippen LogP contribution in [0, 0.1) is 0 Å². The van der Waals surface area contributed by atoms with Crippen molar-refractivity contribution < 1.29 is 9.53 Å². The normalized spacial score (nSPS) is 15.1. The van der Waals surface area contributed by atoms with Crippen LogP contribution in [-0.2, 0) is 11.8 Å². The number of aromatic nitrogens is 5. The molecule has 4 aromatic rings. The number of hydrogen-bond acceptors (Lipinski definition) is 7. The van der Waals surface area contributed by atoms with Gasteiger partial charge in [0.25, 0.3) is 0 Å². The predicted molar refractivity (Wildman–Crippen MR) is 136 cm³/mol. The summed E-state index contributed by atoms with van der Waals surface area (Å²) in [6, 6.07) is 6.33. The molecule has 0 atom stereocenters. The number of benzene rings is 1. The van der Waals surface area contributed by atoms with Gasteiger partial charge in [0.05, 0.1) is 11.6 Å². The fourth-order valence-corrected chi connectivity index (χ4v) is 4.42. The fraction of sp³-hybridized carbons (Fsp3) is 0.440. The summed E-state index contributed by atoms with van der Waals surface area (Å²) in [5.41, 5.74) is 3.54. The molecular formula is C25H32N8O2. The van der Waals surface area contributed by atoms with Crippen molar-refractivity contribution in [1.29, 1.82) is 0 Å². The average Bonchev–Trinajstić information content (AvgIpc) is 3.41. The molecule has 0 aliphatic carbocycles. The van der Waals surface area contributed by atoms with Gasteiger partial charge in [-0.1, -0.05) is 6.07 Å². The standard InChI is InChI=1S/C25H32N8O2/c1-25(2,3)35-24(34)33-11-9-32(10-12-33)8-7-26-22-21-19-13-17(18-14-29-31(4)15-18)5-6-20(19)30-23(21)28-16-27-22/h5-6,13-16H,7-12H2,1-4H3,(H2,26,27,28,30). The Morgan fingerprint density at radius 1 is 1.14 bits per heavy atom. The van der Waals surface area contributed by atoms with Crippen LogP contribution in [0.2, 0.25) is 0 Å². The molecule has 10 nitrogen and oxygen atoms in total. The van der Waals surface area contributed by atoms with Crippen molar-refractivity contribution >= 4 is 33.8 Å². The first-order valence-corrected chi connectivity index (χ1v) is 12.0. The van der Waals surface area contributed by atoms with Crippen LogP contribution < -0.4 is 5.32 Å². The first kappa shape index (κ1) is 23.1. The number of piperazine rings is 1. The number of hydrogen-bond donors (Lipinski definition) is 2. The number of amides is 1. The van der Waals surface area contributed by atoms with Crippen LogP contribution in [0.15, 0.2) is 36.9 Å². The number of anilines is 1. The Morgan fingerprint density at radius 3 is 2.66 bits per heavy atom. The van der Waals surface area contributed by atoms with Gasteiger partial charge in [-0.15, -0.1) is 0 Å². The molecule has 2 N–H and O–H groups in total. The topological polar surface area (TPSA) is 104 Å². The van der Waals surface area contributed by atoms with Gasteiger partial charge in [-0.3, -0.25) is 9.58 Å². The van der Waals surface area contributed by atoms with Crippen molar-refractivity contribution in [3.63, 3.8) is 0 Å². The number of aromatic amines is 1. The summed E-state index contributed by atoms with van der Waals surface area (Å²) in [6.45, 7) is 10.3. The number of aryl methyl sites for hydroxylation is 1. The number of rotatable bonds is 5. The lowest BCUT2D eigenvalue weighted by Gasteiger charge is -2.35. The molecule has 0 spiro atoms. The molecule has 1 aliphatic rings. The number of nitrogens with one attached hydrogen (secondary N) is 2. The lowest BCUT2D eigenvalue weighted by molar-refractivity contribution is 0.0148. The van der Waals surface area contributed by atoms with E-state index < -0.39 is 5.60 Å². The van der Waals surface area contributed by atoms with Gasteiger partial charge in [-0.05, 0) is 38.5 Å². The maximum Gasteiger partial charge on any atom is 0.410 e. The van der Waals surface area contributed by atoms with Gasteiger partial charge >= 0.3 is 6.09 Å². The van der Waals surface area contributed by atoms with Crippen molar-refractivity contribution in [3.8, 4) is 11.1 Å². The number of carbonyl (C=O) groups excluding carboxylic acids is 1. The average molecular weight is 477 g/mol. The Hall–Kier alpha value is -3.66. The fourth-order valence-electron chi connectivity index (χ4n) is 4.42. The van der Waals surface area contributed by atoms with Crippen LogP contribution in [0.3, 0.4) is 0 Å². The van der Waals surface area contributed by atoms with Crippen molar-refractivity contribution in [3.05, 3.63) is 36.9 Å². The maximum absolute atomic E-state index is 12.3. The Morgan fingerprint density at radius 2 is 1.94 bits per heavy atom. The van der Waals surface area contributed by atoms with Crippen LogP contribution in [0.4, 0.5) is 10.6 Å². The van der Waals surface area contributed by atoms with E-state index in [0.717, 1.165) is 65.1 Å². The molecule has 1 aromatic carbocycles. The highest BCUT2D eigenvalue weighted by atomic mass is 16.6. The zero-order valence-electron chi connectivity index (χ0n) is 20.7. The number of ether oxygens (including phenoxy) is 1. The van der Waals surface area contributed by atoms with Gasteiger partial charge in [0.15, 0.2) is 0 Å². The van der Waals surface area contributed by atoms with Crippen LogP contribution in [0.5, 0.6) is 0 Å². The van der Waals surface area contributed by atoms with Crippen molar-refractivity contribution in [2.75, 3.05) is 44.6 Å². The monoisotopic (exact) mass is 476 g/mol. The summed E-state index contributed by atoms with van der Waals surface area (Å²) in [7, 11) is 1.92. The quantitative estimate of drug-likeness (QED) is 0.454. The molecule has 184 valence electrons. The van der Waals surface area contributed by atoms with Crippen LogP contribution >= 0.6 is 0 Å². The minimum atomic E-state index is -0.470. The highest BCUT2D eigenvalue weighted by Crippen LogP contribution is 2.32. The molecule has 1 saturated heterocycles. The van der Waals surface area contributed by atoms with Crippen LogP contribution in [-0.4, -0.2) is 85.5 Å². The highest BCUT2D eigenvalue weighted by molar-refractivity contribution is 6.12. The zero-order chi connectivity index (χ0) is 24.6. The second-order valence-corrected chi connectivity index (χ2v) is 9.97. The van der Waals surface area contributed by atoms with E-state index in [-0.39, 0.29) is 6.09 Å². The van der Waals surface area contributed by atoms with Crippen molar-refractivity contribution in [1.82, 2.24) is 34.5 Å². The number of carbonyl (C=O) groups is 1. The Balaban J connectivity index is 1.25.